The third-order valence-corrected chi connectivity index (χ3v) is 3.20. The quantitative estimate of drug-likeness (QED) is 0.888. The second-order valence-corrected chi connectivity index (χ2v) is 4.77. The van der Waals surface area contributed by atoms with Crippen LogP contribution in [-0.4, -0.2) is 43.5 Å². The first-order chi connectivity index (χ1) is 9.04. The van der Waals surface area contributed by atoms with Crippen LogP contribution in [-0.2, 0) is 4.79 Å². The highest BCUT2D eigenvalue weighted by Crippen LogP contribution is 2.13. The van der Waals surface area contributed by atoms with Gasteiger partial charge in [0, 0.05) is 24.3 Å². The summed E-state index contributed by atoms with van der Waals surface area (Å²) >= 11 is 0. The number of carbonyl (C=O) groups excluding carboxylic acids is 1. The van der Waals surface area contributed by atoms with Crippen molar-refractivity contribution in [3.63, 3.8) is 0 Å². The van der Waals surface area contributed by atoms with Gasteiger partial charge in [-0.1, -0.05) is 0 Å². The van der Waals surface area contributed by atoms with Crippen LogP contribution in [0.4, 0.5) is 14.5 Å². The van der Waals surface area contributed by atoms with Crippen LogP contribution in [0.25, 0.3) is 0 Å². The van der Waals surface area contributed by atoms with Crippen LogP contribution in [0, 0.1) is 11.6 Å². The summed E-state index contributed by atoms with van der Waals surface area (Å²) in [7, 11) is 1.86. The normalized spacial score (nSPS) is 17.9. The highest BCUT2D eigenvalue weighted by atomic mass is 35.5. The molecule has 1 amide bonds. The summed E-state index contributed by atoms with van der Waals surface area (Å²) < 4.78 is 26.0. The van der Waals surface area contributed by atoms with E-state index in [-0.39, 0.29) is 30.5 Å². The Balaban J connectivity index is 0.00000200. The molecule has 0 saturated carbocycles. The van der Waals surface area contributed by atoms with E-state index < -0.39 is 11.6 Å². The average Bonchev–Trinajstić information content (AvgIpc) is 2.80. The molecule has 1 aromatic rings. The summed E-state index contributed by atoms with van der Waals surface area (Å²) in [6, 6.07) is 3.29. The molecule has 0 bridgehead atoms. The zero-order valence-corrected chi connectivity index (χ0v) is 12.0. The second kappa shape index (κ2) is 7.52. The molecule has 0 radical (unpaired) electrons. The SMILES string of the molecule is CN(CC(=O)Nc1cc(F)cc(F)c1)C1CCNC1.Cl. The van der Waals surface area contributed by atoms with Gasteiger partial charge in [-0.15, -0.1) is 12.4 Å². The molecule has 20 heavy (non-hydrogen) atoms. The van der Waals surface area contributed by atoms with Crippen LogP contribution in [0.5, 0.6) is 0 Å². The predicted octanol–water partition coefficient (Wildman–Crippen LogP) is 1.62. The molecule has 1 aromatic carbocycles. The maximum atomic E-state index is 13.0. The van der Waals surface area contributed by atoms with Crippen molar-refractivity contribution < 1.29 is 13.6 Å². The standard InChI is InChI=1S/C13H17F2N3O.ClH/c1-18(12-2-3-16-7-12)8-13(19)17-11-5-9(14)4-10(15)6-11;/h4-6,12,16H,2-3,7-8H2,1H3,(H,17,19);1H. The van der Waals surface area contributed by atoms with E-state index in [4.69, 9.17) is 0 Å². The first kappa shape index (κ1) is 16.8. The highest BCUT2D eigenvalue weighted by molar-refractivity contribution is 5.92. The molecule has 4 nitrogen and oxygen atoms in total. The lowest BCUT2D eigenvalue weighted by atomic mass is 10.2. The van der Waals surface area contributed by atoms with Gasteiger partial charge in [0.1, 0.15) is 11.6 Å². The Morgan fingerprint density at radius 1 is 1.40 bits per heavy atom. The fourth-order valence-electron chi connectivity index (χ4n) is 2.20. The molecule has 7 heteroatoms. The number of rotatable bonds is 4. The maximum absolute atomic E-state index is 13.0. The fourth-order valence-corrected chi connectivity index (χ4v) is 2.20. The minimum absolute atomic E-state index is 0. The lowest BCUT2D eigenvalue weighted by molar-refractivity contribution is -0.117. The van der Waals surface area contributed by atoms with Crippen LogP contribution >= 0.6 is 12.4 Å². The monoisotopic (exact) mass is 305 g/mol. The summed E-state index contributed by atoms with van der Waals surface area (Å²) in [5.74, 6) is -1.69. The van der Waals surface area contributed by atoms with E-state index in [0.717, 1.165) is 37.7 Å². The number of halogens is 3. The molecule has 0 aromatic heterocycles. The number of likely N-dealkylation sites (N-methyl/N-ethyl adjacent to an activating group) is 1. The van der Waals surface area contributed by atoms with Crippen LogP contribution in [0.15, 0.2) is 18.2 Å². The van der Waals surface area contributed by atoms with Crippen molar-refractivity contribution in [3.8, 4) is 0 Å². The van der Waals surface area contributed by atoms with Crippen molar-refractivity contribution in [1.29, 1.82) is 0 Å². The van der Waals surface area contributed by atoms with Crippen LogP contribution < -0.4 is 10.6 Å². The lowest BCUT2D eigenvalue weighted by Gasteiger charge is -2.22. The average molecular weight is 306 g/mol. The molecule has 1 aliphatic rings. The number of nitrogens with zero attached hydrogens (tertiary/aromatic N) is 1. The first-order valence-corrected chi connectivity index (χ1v) is 6.21. The number of anilines is 1. The maximum Gasteiger partial charge on any atom is 0.238 e. The number of hydrogen-bond donors (Lipinski definition) is 2. The van der Waals surface area contributed by atoms with Crippen molar-refractivity contribution in [2.45, 2.75) is 12.5 Å². The van der Waals surface area contributed by atoms with Crippen molar-refractivity contribution in [1.82, 2.24) is 10.2 Å². The predicted molar refractivity (Wildman–Crippen MR) is 76.1 cm³/mol. The molecule has 112 valence electrons. The topological polar surface area (TPSA) is 44.4 Å². The minimum atomic E-state index is -0.705. The van der Waals surface area contributed by atoms with Crippen LogP contribution in [0.1, 0.15) is 6.42 Å². The summed E-state index contributed by atoms with van der Waals surface area (Å²) in [6.45, 7) is 2.01. The van der Waals surface area contributed by atoms with E-state index in [1.807, 2.05) is 11.9 Å². The molecular weight excluding hydrogens is 288 g/mol. The molecule has 2 N–H and O–H groups in total. The second-order valence-electron chi connectivity index (χ2n) is 4.77. The molecule has 0 aliphatic carbocycles. The summed E-state index contributed by atoms with van der Waals surface area (Å²) in [6.07, 6.45) is 0.998. The fraction of sp³-hybridized carbons (Fsp3) is 0.462. The first-order valence-electron chi connectivity index (χ1n) is 6.21. The highest BCUT2D eigenvalue weighted by Gasteiger charge is 2.20. The zero-order valence-electron chi connectivity index (χ0n) is 11.2. The molecular formula is C13H18ClF2N3O. The Labute approximate surface area is 122 Å². The van der Waals surface area contributed by atoms with E-state index in [9.17, 15) is 13.6 Å². The summed E-state index contributed by atoms with van der Waals surface area (Å²) in [4.78, 5) is 13.7. The Bertz CT molecular complexity index is 447. The van der Waals surface area contributed by atoms with E-state index >= 15 is 0 Å². The smallest absolute Gasteiger partial charge is 0.238 e. The van der Waals surface area contributed by atoms with Gasteiger partial charge in [-0.05, 0) is 32.1 Å². The van der Waals surface area contributed by atoms with Gasteiger partial charge in [0.05, 0.1) is 6.54 Å². The molecule has 0 spiro atoms. The van der Waals surface area contributed by atoms with Gasteiger partial charge in [-0.25, -0.2) is 8.78 Å². The molecule has 1 fully saturated rings. The van der Waals surface area contributed by atoms with E-state index in [1.54, 1.807) is 0 Å². The van der Waals surface area contributed by atoms with Crippen LogP contribution in [0.2, 0.25) is 0 Å². The third-order valence-electron chi connectivity index (χ3n) is 3.20. The summed E-state index contributed by atoms with van der Waals surface area (Å²) in [5, 5.41) is 5.72. The van der Waals surface area contributed by atoms with Gasteiger partial charge in [0.15, 0.2) is 0 Å². The van der Waals surface area contributed by atoms with Gasteiger partial charge in [-0.2, -0.15) is 0 Å². The Hall–Kier alpha value is -1.24. The number of benzene rings is 1. The molecule has 2 rings (SSSR count). The minimum Gasteiger partial charge on any atom is -0.325 e. The molecule has 1 aliphatic heterocycles. The molecule has 1 unspecified atom stereocenters. The Kier molecular flexibility index (Phi) is 6.32. The van der Waals surface area contributed by atoms with E-state index in [0.29, 0.717) is 6.04 Å². The van der Waals surface area contributed by atoms with Gasteiger partial charge in [0.2, 0.25) is 5.91 Å². The number of nitrogens with one attached hydrogen (secondary N) is 2. The van der Waals surface area contributed by atoms with Crippen molar-refractivity contribution in [2.24, 2.45) is 0 Å². The third kappa shape index (κ3) is 4.70. The number of hydrogen-bond acceptors (Lipinski definition) is 3. The van der Waals surface area contributed by atoms with Gasteiger partial charge < -0.3 is 10.6 Å². The van der Waals surface area contributed by atoms with Gasteiger partial charge >= 0.3 is 0 Å². The molecule has 1 atom stereocenters. The van der Waals surface area contributed by atoms with E-state index in [2.05, 4.69) is 10.6 Å². The number of carbonyl (C=O) groups is 1. The van der Waals surface area contributed by atoms with Crippen molar-refractivity contribution in [2.75, 3.05) is 32.0 Å². The summed E-state index contributed by atoms with van der Waals surface area (Å²) in [5.41, 5.74) is 0.139. The van der Waals surface area contributed by atoms with Gasteiger partial charge in [0.25, 0.3) is 0 Å². The largest absolute Gasteiger partial charge is 0.325 e. The number of amides is 1. The zero-order chi connectivity index (χ0) is 13.8. The van der Waals surface area contributed by atoms with Crippen LogP contribution in [0.3, 0.4) is 0 Å². The Morgan fingerprint density at radius 3 is 2.60 bits per heavy atom. The lowest BCUT2D eigenvalue weighted by Crippen LogP contribution is -2.39. The van der Waals surface area contributed by atoms with E-state index in [1.165, 1.54) is 0 Å². The Morgan fingerprint density at radius 2 is 2.05 bits per heavy atom. The van der Waals surface area contributed by atoms with Crippen molar-refractivity contribution >= 4 is 24.0 Å². The molecule has 1 saturated heterocycles. The molecule has 1 heterocycles. The van der Waals surface area contributed by atoms with Gasteiger partial charge in [-0.3, -0.25) is 9.69 Å². The van der Waals surface area contributed by atoms with Crippen molar-refractivity contribution in [3.05, 3.63) is 29.8 Å².